The summed E-state index contributed by atoms with van der Waals surface area (Å²) in [5.41, 5.74) is -0.920. The highest BCUT2D eigenvalue weighted by Crippen LogP contribution is 2.22. The molecule has 0 atom stereocenters. The van der Waals surface area contributed by atoms with Gasteiger partial charge in [0.25, 0.3) is 0 Å². The molecule has 0 N–H and O–H groups in total. The SMILES string of the molecule is C=CCOCC(=C)C(=O)Oc1ccc(C(=O)OCC(F)(F)F)c(C(=O)OCC)c1. The van der Waals surface area contributed by atoms with E-state index >= 15 is 0 Å². The summed E-state index contributed by atoms with van der Waals surface area (Å²) >= 11 is 0. The van der Waals surface area contributed by atoms with Crippen LogP contribution in [0.4, 0.5) is 13.2 Å². The van der Waals surface area contributed by atoms with Gasteiger partial charge in [-0.25, -0.2) is 14.4 Å². The highest BCUT2D eigenvalue weighted by atomic mass is 19.4. The van der Waals surface area contributed by atoms with E-state index in [0.29, 0.717) is 0 Å². The maximum Gasteiger partial charge on any atom is 0.422 e. The molecule has 0 unspecified atom stereocenters. The van der Waals surface area contributed by atoms with Crippen molar-refractivity contribution in [1.29, 1.82) is 0 Å². The van der Waals surface area contributed by atoms with Crippen LogP contribution in [0, 0.1) is 0 Å². The molecule has 158 valence electrons. The van der Waals surface area contributed by atoms with Crippen LogP contribution in [0.1, 0.15) is 27.6 Å². The maximum absolute atomic E-state index is 12.3. The van der Waals surface area contributed by atoms with E-state index in [9.17, 15) is 27.6 Å². The first kappa shape index (κ1) is 23.9. The van der Waals surface area contributed by atoms with E-state index < -0.39 is 41.8 Å². The fraction of sp³-hybridized carbons (Fsp3) is 0.316. The summed E-state index contributed by atoms with van der Waals surface area (Å²) in [6.07, 6.45) is -3.26. The fourth-order valence-corrected chi connectivity index (χ4v) is 1.87. The molecule has 0 amide bonds. The minimum atomic E-state index is -4.73. The van der Waals surface area contributed by atoms with Crippen molar-refractivity contribution >= 4 is 17.9 Å². The van der Waals surface area contributed by atoms with Crippen molar-refractivity contribution in [3.8, 4) is 5.75 Å². The Morgan fingerprint density at radius 2 is 1.76 bits per heavy atom. The van der Waals surface area contributed by atoms with E-state index in [0.717, 1.165) is 18.2 Å². The smallest absolute Gasteiger partial charge is 0.422 e. The summed E-state index contributed by atoms with van der Waals surface area (Å²) in [6, 6.07) is 3.09. The van der Waals surface area contributed by atoms with Gasteiger partial charge in [0.05, 0.1) is 36.5 Å². The summed E-state index contributed by atoms with van der Waals surface area (Å²) in [5, 5.41) is 0. The van der Waals surface area contributed by atoms with Gasteiger partial charge in [-0.15, -0.1) is 6.58 Å². The number of ether oxygens (including phenoxy) is 4. The highest BCUT2D eigenvalue weighted by Gasteiger charge is 2.31. The Balaban J connectivity index is 3.02. The Labute approximate surface area is 164 Å². The molecule has 1 aromatic carbocycles. The zero-order valence-corrected chi connectivity index (χ0v) is 15.5. The third kappa shape index (κ3) is 8.18. The van der Waals surface area contributed by atoms with Gasteiger partial charge in [0.2, 0.25) is 0 Å². The first-order chi connectivity index (χ1) is 13.6. The Morgan fingerprint density at radius 3 is 2.34 bits per heavy atom. The van der Waals surface area contributed by atoms with Crippen LogP contribution >= 0.6 is 0 Å². The van der Waals surface area contributed by atoms with Crippen LogP contribution < -0.4 is 4.74 Å². The molecular formula is C19H19F3O7. The molecule has 0 heterocycles. The van der Waals surface area contributed by atoms with Gasteiger partial charge in [0, 0.05) is 0 Å². The van der Waals surface area contributed by atoms with Gasteiger partial charge in [0.1, 0.15) is 5.75 Å². The van der Waals surface area contributed by atoms with Gasteiger partial charge in [-0.1, -0.05) is 12.7 Å². The van der Waals surface area contributed by atoms with E-state index in [-0.39, 0.29) is 31.1 Å². The van der Waals surface area contributed by atoms with E-state index in [2.05, 4.69) is 17.9 Å². The van der Waals surface area contributed by atoms with Crippen LogP contribution in [0.3, 0.4) is 0 Å². The van der Waals surface area contributed by atoms with Crippen molar-refractivity contribution in [3.05, 3.63) is 54.1 Å². The van der Waals surface area contributed by atoms with Crippen LogP contribution in [0.2, 0.25) is 0 Å². The lowest BCUT2D eigenvalue weighted by Crippen LogP contribution is -2.22. The lowest BCUT2D eigenvalue weighted by Gasteiger charge is -2.12. The Morgan fingerprint density at radius 1 is 1.10 bits per heavy atom. The summed E-state index contributed by atoms with van der Waals surface area (Å²) < 4.78 is 55.8. The zero-order valence-electron chi connectivity index (χ0n) is 15.5. The van der Waals surface area contributed by atoms with Crippen LogP contribution in [0.15, 0.2) is 43.0 Å². The van der Waals surface area contributed by atoms with Crippen molar-refractivity contribution in [3.63, 3.8) is 0 Å². The average molecular weight is 416 g/mol. The number of carbonyl (C=O) groups is 3. The molecule has 0 bridgehead atoms. The summed E-state index contributed by atoms with van der Waals surface area (Å²) in [4.78, 5) is 36.0. The number of halogens is 3. The minimum Gasteiger partial charge on any atom is -0.462 e. The van der Waals surface area contributed by atoms with Gasteiger partial charge in [-0.2, -0.15) is 13.2 Å². The van der Waals surface area contributed by atoms with Gasteiger partial charge in [-0.3, -0.25) is 0 Å². The van der Waals surface area contributed by atoms with E-state index in [1.807, 2.05) is 0 Å². The first-order valence-corrected chi connectivity index (χ1v) is 8.22. The van der Waals surface area contributed by atoms with Crippen molar-refractivity contribution < 1.29 is 46.5 Å². The number of hydrogen-bond donors (Lipinski definition) is 0. The summed E-state index contributed by atoms with van der Waals surface area (Å²) in [6.45, 7) is 6.62. The molecule has 0 radical (unpaired) electrons. The molecule has 0 saturated heterocycles. The number of rotatable bonds is 10. The summed E-state index contributed by atoms with van der Waals surface area (Å²) in [7, 11) is 0. The number of benzene rings is 1. The van der Waals surface area contributed by atoms with E-state index in [4.69, 9.17) is 14.2 Å². The number of carbonyl (C=O) groups excluding carboxylic acids is 3. The van der Waals surface area contributed by atoms with Gasteiger partial charge in [-0.05, 0) is 25.1 Å². The maximum atomic E-state index is 12.3. The molecule has 0 aliphatic heterocycles. The van der Waals surface area contributed by atoms with Crippen LogP contribution in [-0.4, -0.2) is 50.5 Å². The normalized spacial score (nSPS) is 10.8. The lowest BCUT2D eigenvalue weighted by molar-refractivity contribution is -0.161. The Bertz CT molecular complexity index is 784. The summed E-state index contributed by atoms with van der Waals surface area (Å²) in [5.74, 6) is -3.41. The molecule has 0 aliphatic rings. The predicted octanol–water partition coefficient (Wildman–Crippen LogP) is 3.25. The van der Waals surface area contributed by atoms with E-state index in [1.54, 1.807) is 0 Å². The van der Waals surface area contributed by atoms with Gasteiger partial charge in [0.15, 0.2) is 6.61 Å². The molecule has 1 rings (SSSR count). The second-order valence-corrected chi connectivity index (χ2v) is 5.42. The largest absolute Gasteiger partial charge is 0.462 e. The van der Waals surface area contributed by atoms with Crippen molar-refractivity contribution in [2.45, 2.75) is 13.1 Å². The average Bonchev–Trinajstić information content (AvgIpc) is 2.65. The first-order valence-electron chi connectivity index (χ1n) is 8.22. The van der Waals surface area contributed by atoms with Crippen LogP contribution in [-0.2, 0) is 19.0 Å². The topological polar surface area (TPSA) is 88.1 Å². The van der Waals surface area contributed by atoms with Gasteiger partial charge < -0.3 is 18.9 Å². The molecule has 10 heteroatoms. The lowest BCUT2D eigenvalue weighted by atomic mass is 10.1. The monoisotopic (exact) mass is 416 g/mol. The fourth-order valence-electron chi connectivity index (χ4n) is 1.87. The molecule has 7 nitrogen and oxygen atoms in total. The quantitative estimate of drug-likeness (QED) is 0.190. The molecule has 0 spiro atoms. The molecule has 0 aromatic heterocycles. The highest BCUT2D eigenvalue weighted by molar-refractivity contribution is 6.03. The van der Waals surface area contributed by atoms with Crippen LogP contribution in [0.25, 0.3) is 0 Å². The minimum absolute atomic E-state index is 0.0294. The molecular weight excluding hydrogens is 397 g/mol. The van der Waals surface area contributed by atoms with Crippen molar-refractivity contribution in [2.75, 3.05) is 26.4 Å². The molecule has 1 aromatic rings. The Kier molecular flexibility index (Phi) is 9.07. The zero-order chi connectivity index (χ0) is 22.0. The number of hydrogen-bond acceptors (Lipinski definition) is 7. The third-order valence-corrected chi connectivity index (χ3v) is 3.08. The Hall–Kier alpha value is -3.14. The molecule has 0 saturated carbocycles. The molecule has 0 aliphatic carbocycles. The van der Waals surface area contributed by atoms with Crippen molar-refractivity contribution in [2.24, 2.45) is 0 Å². The second-order valence-electron chi connectivity index (χ2n) is 5.42. The number of esters is 3. The standard InChI is InChI=1S/C19H19F3O7/c1-4-8-26-10-12(3)16(23)29-13-6-7-14(15(9-13)18(25)27-5-2)17(24)28-11-19(20,21)22/h4,6-7,9H,1,3,5,8,10-11H2,2H3. The van der Waals surface area contributed by atoms with Crippen molar-refractivity contribution in [1.82, 2.24) is 0 Å². The molecule has 0 fully saturated rings. The second kappa shape index (κ2) is 11.0. The number of alkyl halides is 3. The van der Waals surface area contributed by atoms with E-state index in [1.165, 1.54) is 13.0 Å². The van der Waals surface area contributed by atoms with Crippen LogP contribution in [0.5, 0.6) is 5.75 Å². The predicted molar refractivity (Wildman–Crippen MR) is 94.5 cm³/mol. The third-order valence-electron chi connectivity index (χ3n) is 3.08. The van der Waals surface area contributed by atoms with Gasteiger partial charge >= 0.3 is 24.1 Å². The molecule has 29 heavy (non-hydrogen) atoms.